The highest BCUT2D eigenvalue weighted by Crippen LogP contribution is 2.50. The molecule has 0 spiro atoms. The molecular weight excluding hydrogens is 429 g/mol. The van der Waals surface area contributed by atoms with E-state index in [9.17, 15) is 32.2 Å². The van der Waals surface area contributed by atoms with Gasteiger partial charge in [0.05, 0.1) is 11.8 Å². The van der Waals surface area contributed by atoms with E-state index >= 15 is 0 Å². The van der Waals surface area contributed by atoms with Gasteiger partial charge in [-0.15, -0.1) is 0 Å². The molecule has 13 heteroatoms. The lowest BCUT2D eigenvalue weighted by Crippen LogP contribution is -2.50. The van der Waals surface area contributed by atoms with E-state index in [0.29, 0.717) is 31.7 Å². The number of hydrogen-bond acceptors (Lipinski definition) is 7. The first-order valence-electron chi connectivity index (χ1n) is 9.57. The fourth-order valence-electron chi connectivity index (χ4n) is 4.15. The molecule has 4 N–H and O–H groups in total. The van der Waals surface area contributed by atoms with Gasteiger partial charge in [0.1, 0.15) is 17.8 Å². The van der Waals surface area contributed by atoms with Gasteiger partial charge in [-0.1, -0.05) is 0 Å². The maximum atomic E-state index is 13.7. The number of anilines is 2. The molecule has 2 aliphatic rings. The Morgan fingerprint density at radius 1 is 1.23 bits per heavy atom. The average Bonchev–Trinajstić information content (AvgIpc) is 3.12. The number of aliphatic hydroxyl groups is 2. The number of alkyl halides is 5. The van der Waals surface area contributed by atoms with E-state index < -0.39 is 31.0 Å². The van der Waals surface area contributed by atoms with Crippen LogP contribution < -0.4 is 15.0 Å². The number of fused-ring (bicyclic) bond motifs is 1. The molecule has 4 heterocycles. The first-order valence-corrected chi connectivity index (χ1v) is 9.57. The lowest BCUT2D eigenvalue weighted by atomic mass is 9.81. The Balaban J connectivity index is 1.50. The van der Waals surface area contributed by atoms with Crippen LogP contribution in [-0.4, -0.2) is 57.5 Å². The molecule has 1 saturated heterocycles. The zero-order valence-corrected chi connectivity index (χ0v) is 16.0. The molecule has 0 bridgehead atoms. The molecule has 2 aliphatic heterocycles. The Morgan fingerprint density at radius 3 is 2.52 bits per heavy atom. The van der Waals surface area contributed by atoms with Gasteiger partial charge in [0.15, 0.2) is 11.4 Å². The summed E-state index contributed by atoms with van der Waals surface area (Å²) >= 11 is 0. The second kappa shape index (κ2) is 7.79. The van der Waals surface area contributed by atoms with Gasteiger partial charge in [0, 0.05) is 31.1 Å². The van der Waals surface area contributed by atoms with Gasteiger partial charge in [-0.3, -0.25) is 5.10 Å². The number of halogens is 5. The zero-order chi connectivity index (χ0) is 22.4. The maximum Gasteiger partial charge on any atom is 0.421 e. The monoisotopic (exact) mass is 449 g/mol. The molecule has 0 aliphatic carbocycles. The Labute approximate surface area is 173 Å². The summed E-state index contributed by atoms with van der Waals surface area (Å²) in [5.41, 5.74) is -3.41. The van der Waals surface area contributed by atoms with E-state index in [4.69, 9.17) is 0 Å². The van der Waals surface area contributed by atoms with Crippen LogP contribution in [0.1, 0.15) is 36.4 Å². The first-order chi connectivity index (χ1) is 14.6. The van der Waals surface area contributed by atoms with Crippen LogP contribution in [0.4, 0.5) is 33.6 Å². The number of piperidine rings is 1. The third-order valence-corrected chi connectivity index (χ3v) is 5.64. The first kappa shape index (κ1) is 21.6. The quantitative estimate of drug-likeness (QED) is 0.532. The van der Waals surface area contributed by atoms with Crippen molar-refractivity contribution < 1.29 is 36.9 Å². The Kier molecular flexibility index (Phi) is 5.41. The number of ether oxygens (including phenoxy) is 1. The molecule has 2 atom stereocenters. The summed E-state index contributed by atoms with van der Waals surface area (Å²) in [5.74, 6) is -0.0886. The van der Waals surface area contributed by atoms with Gasteiger partial charge >= 0.3 is 12.8 Å². The summed E-state index contributed by atoms with van der Waals surface area (Å²) in [6.07, 6.45) is -5.44. The predicted octanol–water partition coefficient (Wildman–Crippen LogP) is 2.67. The van der Waals surface area contributed by atoms with E-state index in [-0.39, 0.29) is 28.7 Å². The number of nitrogens with zero attached hydrogens (tertiary/aromatic N) is 3. The zero-order valence-electron chi connectivity index (χ0n) is 16.0. The van der Waals surface area contributed by atoms with Gasteiger partial charge < -0.3 is 25.2 Å². The number of aliphatic hydroxyl groups excluding tert-OH is 1. The molecule has 170 valence electrons. The van der Waals surface area contributed by atoms with Crippen molar-refractivity contribution in [1.82, 2.24) is 15.2 Å². The fourth-order valence-corrected chi connectivity index (χ4v) is 4.15. The molecule has 4 rings (SSSR count). The number of nitrogens with one attached hydrogen (secondary N) is 2. The summed E-state index contributed by atoms with van der Waals surface area (Å²) in [5, 5.41) is 29.1. The highest BCUT2D eigenvalue weighted by atomic mass is 19.4. The summed E-state index contributed by atoms with van der Waals surface area (Å²) in [7, 11) is 0. The highest BCUT2D eigenvalue weighted by Gasteiger charge is 2.60. The number of rotatable bonds is 4. The van der Waals surface area contributed by atoms with Gasteiger partial charge in [-0.25, -0.2) is 4.98 Å². The second-order valence-electron chi connectivity index (χ2n) is 7.58. The van der Waals surface area contributed by atoms with Gasteiger partial charge in [0.25, 0.3) is 0 Å². The SMILES string of the molecule is OC1CC(O)(C(F)(F)F)c2c(n[nH]c2C2CCN(c3ccc(OC(F)F)cn3)CC2)N1. The Bertz CT molecular complexity index is 914. The largest absolute Gasteiger partial charge is 0.433 e. The van der Waals surface area contributed by atoms with E-state index in [1.165, 1.54) is 18.3 Å². The Morgan fingerprint density at radius 2 is 1.94 bits per heavy atom. The van der Waals surface area contributed by atoms with Crippen molar-refractivity contribution in [1.29, 1.82) is 0 Å². The lowest BCUT2D eigenvalue weighted by molar-refractivity contribution is -0.276. The number of aromatic amines is 1. The summed E-state index contributed by atoms with van der Waals surface area (Å²) in [4.78, 5) is 5.98. The van der Waals surface area contributed by atoms with Crippen molar-refractivity contribution in [3.8, 4) is 5.75 Å². The maximum absolute atomic E-state index is 13.7. The molecule has 0 aromatic carbocycles. The van der Waals surface area contributed by atoms with E-state index in [0.717, 1.165) is 0 Å². The molecule has 2 aromatic rings. The highest BCUT2D eigenvalue weighted by molar-refractivity contribution is 5.55. The minimum atomic E-state index is -4.99. The molecule has 0 saturated carbocycles. The summed E-state index contributed by atoms with van der Waals surface area (Å²) in [6.45, 7) is -2.06. The van der Waals surface area contributed by atoms with Crippen LogP contribution in [-0.2, 0) is 5.60 Å². The van der Waals surface area contributed by atoms with Crippen molar-refractivity contribution in [2.45, 2.75) is 49.8 Å². The van der Waals surface area contributed by atoms with Crippen LogP contribution in [0.3, 0.4) is 0 Å². The normalized spacial score (nSPS) is 24.8. The van der Waals surface area contributed by atoms with Crippen molar-refractivity contribution >= 4 is 11.6 Å². The smallest absolute Gasteiger partial charge is 0.421 e. The average molecular weight is 449 g/mol. The third kappa shape index (κ3) is 3.99. The Hall–Kier alpha value is -2.67. The van der Waals surface area contributed by atoms with Crippen LogP contribution in [0, 0.1) is 0 Å². The molecule has 2 aromatic heterocycles. The van der Waals surface area contributed by atoms with Crippen LogP contribution >= 0.6 is 0 Å². The van der Waals surface area contributed by atoms with Crippen molar-refractivity contribution in [2.75, 3.05) is 23.3 Å². The summed E-state index contributed by atoms with van der Waals surface area (Å²) < 4.78 is 69.8. The van der Waals surface area contributed by atoms with Crippen molar-refractivity contribution in [3.63, 3.8) is 0 Å². The number of H-pyrrole nitrogens is 1. The van der Waals surface area contributed by atoms with Crippen molar-refractivity contribution in [3.05, 3.63) is 29.6 Å². The van der Waals surface area contributed by atoms with Crippen molar-refractivity contribution in [2.24, 2.45) is 0 Å². The minimum absolute atomic E-state index is 0.0705. The summed E-state index contributed by atoms with van der Waals surface area (Å²) in [6, 6.07) is 2.90. The molecule has 2 unspecified atom stereocenters. The van der Waals surface area contributed by atoms with Gasteiger partial charge in [-0.05, 0) is 25.0 Å². The lowest BCUT2D eigenvalue weighted by Gasteiger charge is -2.39. The number of hydrogen-bond donors (Lipinski definition) is 4. The second-order valence-corrected chi connectivity index (χ2v) is 7.58. The van der Waals surface area contributed by atoms with Gasteiger partial charge in [-0.2, -0.15) is 27.1 Å². The molecule has 31 heavy (non-hydrogen) atoms. The van der Waals surface area contributed by atoms with E-state index in [1.54, 1.807) is 0 Å². The number of pyridine rings is 1. The van der Waals surface area contributed by atoms with Gasteiger partial charge in [0.2, 0.25) is 0 Å². The van der Waals surface area contributed by atoms with Crippen LogP contribution in [0.25, 0.3) is 0 Å². The molecule has 8 nitrogen and oxygen atoms in total. The van der Waals surface area contributed by atoms with Crippen LogP contribution in [0.5, 0.6) is 5.75 Å². The molecule has 0 amide bonds. The van der Waals surface area contributed by atoms with Crippen LogP contribution in [0.2, 0.25) is 0 Å². The van der Waals surface area contributed by atoms with E-state index in [1.807, 2.05) is 4.90 Å². The topological polar surface area (TPSA) is 107 Å². The predicted molar refractivity (Wildman–Crippen MR) is 97.8 cm³/mol. The van der Waals surface area contributed by atoms with Crippen LogP contribution in [0.15, 0.2) is 18.3 Å². The minimum Gasteiger partial charge on any atom is -0.433 e. The third-order valence-electron chi connectivity index (χ3n) is 5.64. The standard InChI is InChI=1S/C18H20F5N5O3/c19-16(20)31-10-1-2-11(24-8-10)28-5-3-9(4-6-28)14-13-15(27-26-14)25-12(29)7-17(13,30)18(21,22)23/h1-2,8-9,12,16,29-30H,3-7H2,(H2,25,26,27). The fraction of sp³-hybridized carbons (Fsp3) is 0.556. The number of aromatic nitrogens is 3. The molecule has 1 fully saturated rings. The van der Waals surface area contributed by atoms with E-state index in [2.05, 4.69) is 25.2 Å². The molecule has 0 radical (unpaired) electrons. The molecular formula is C18H20F5N5O3.